The highest BCUT2D eigenvalue weighted by atomic mass is 35.5. The second kappa shape index (κ2) is 6.21. The van der Waals surface area contributed by atoms with Gasteiger partial charge in [-0.25, -0.2) is 9.18 Å². The van der Waals surface area contributed by atoms with E-state index in [4.69, 9.17) is 11.6 Å². The fourth-order valence-electron chi connectivity index (χ4n) is 2.28. The molecule has 1 N–H and O–H groups in total. The van der Waals surface area contributed by atoms with Crippen LogP contribution in [0.5, 0.6) is 0 Å². The van der Waals surface area contributed by atoms with E-state index in [-0.39, 0.29) is 17.3 Å². The molecule has 0 radical (unpaired) electrons. The number of rotatable bonds is 3. The lowest BCUT2D eigenvalue weighted by Crippen LogP contribution is -2.39. The molecule has 0 aliphatic carbocycles. The van der Waals surface area contributed by atoms with E-state index in [0.29, 0.717) is 10.2 Å². The van der Waals surface area contributed by atoms with Crippen molar-refractivity contribution in [3.8, 4) is 0 Å². The third kappa shape index (κ3) is 2.85. The minimum Gasteiger partial charge on any atom is -0.323 e. The first kappa shape index (κ1) is 16.4. The van der Waals surface area contributed by atoms with E-state index in [1.54, 1.807) is 11.4 Å². The van der Waals surface area contributed by atoms with Crippen LogP contribution in [-0.4, -0.2) is 15.0 Å². The molecule has 2 aromatic heterocycles. The number of carbonyl (C=O) groups is 1. The summed E-state index contributed by atoms with van der Waals surface area (Å²) in [6.07, 6.45) is 0. The Bertz CT molecular complexity index is 1070. The van der Waals surface area contributed by atoms with Crippen LogP contribution in [0.4, 0.5) is 10.1 Å². The molecule has 0 bridgehead atoms. The molecule has 0 spiro atoms. The van der Waals surface area contributed by atoms with E-state index < -0.39 is 23.0 Å². The van der Waals surface area contributed by atoms with Crippen LogP contribution in [0.25, 0.3) is 10.2 Å². The first-order valence-corrected chi connectivity index (χ1v) is 8.06. The van der Waals surface area contributed by atoms with Crippen LogP contribution < -0.4 is 16.6 Å². The standard InChI is InChI=1S/C15H11ClFN3O3S/c1-19-14(22)13-11(4-5-24-13)20(15(19)23)7-12(21)18-10-6-8(17)2-3-9(10)16/h2-6H,7H2,1H3,(H,18,21). The van der Waals surface area contributed by atoms with Crippen LogP contribution >= 0.6 is 22.9 Å². The Morgan fingerprint density at radius 2 is 2.08 bits per heavy atom. The number of benzene rings is 1. The van der Waals surface area contributed by atoms with Gasteiger partial charge in [0.05, 0.1) is 16.2 Å². The summed E-state index contributed by atoms with van der Waals surface area (Å²) in [4.78, 5) is 36.5. The van der Waals surface area contributed by atoms with Crippen molar-refractivity contribution in [2.24, 2.45) is 7.05 Å². The number of nitrogens with zero attached hydrogens (tertiary/aromatic N) is 2. The number of hydrogen-bond acceptors (Lipinski definition) is 4. The zero-order chi connectivity index (χ0) is 17.4. The highest BCUT2D eigenvalue weighted by Gasteiger charge is 2.15. The summed E-state index contributed by atoms with van der Waals surface area (Å²) in [7, 11) is 1.35. The van der Waals surface area contributed by atoms with Gasteiger partial charge < -0.3 is 5.32 Å². The number of carbonyl (C=O) groups excluding carboxylic acids is 1. The topological polar surface area (TPSA) is 73.1 Å². The fraction of sp³-hybridized carbons (Fsp3) is 0.133. The largest absolute Gasteiger partial charge is 0.331 e. The Balaban J connectivity index is 1.97. The van der Waals surface area contributed by atoms with Crippen molar-refractivity contribution in [2.75, 3.05) is 5.32 Å². The van der Waals surface area contributed by atoms with Gasteiger partial charge in [-0.2, -0.15) is 0 Å². The normalized spacial score (nSPS) is 11.0. The molecule has 0 saturated heterocycles. The Labute approximate surface area is 143 Å². The molecular weight excluding hydrogens is 357 g/mol. The van der Waals surface area contributed by atoms with Crippen molar-refractivity contribution >= 4 is 44.7 Å². The summed E-state index contributed by atoms with van der Waals surface area (Å²) in [5.74, 6) is -1.11. The number of fused-ring (bicyclic) bond motifs is 1. The Morgan fingerprint density at radius 3 is 2.83 bits per heavy atom. The molecule has 2 heterocycles. The number of nitrogens with one attached hydrogen (secondary N) is 1. The highest BCUT2D eigenvalue weighted by Crippen LogP contribution is 2.22. The van der Waals surface area contributed by atoms with Crippen molar-refractivity contribution in [3.63, 3.8) is 0 Å². The number of hydrogen-bond donors (Lipinski definition) is 1. The van der Waals surface area contributed by atoms with Gasteiger partial charge in [-0.1, -0.05) is 11.6 Å². The molecule has 0 saturated carbocycles. The maximum absolute atomic E-state index is 13.3. The van der Waals surface area contributed by atoms with E-state index in [2.05, 4.69) is 5.32 Å². The van der Waals surface area contributed by atoms with Gasteiger partial charge in [-0.3, -0.25) is 18.7 Å². The predicted octanol–water partition coefficient (Wildman–Crippen LogP) is 2.19. The third-order valence-electron chi connectivity index (χ3n) is 3.46. The number of anilines is 1. The average Bonchev–Trinajstić information content (AvgIpc) is 3.02. The average molecular weight is 368 g/mol. The molecule has 0 atom stereocenters. The molecule has 124 valence electrons. The second-order valence-electron chi connectivity index (χ2n) is 5.04. The van der Waals surface area contributed by atoms with Crippen LogP contribution in [0.1, 0.15) is 0 Å². The lowest BCUT2D eigenvalue weighted by atomic mass is 10.3. The fourth-order valence-corrected chi connectivity index (χ4v) is 3.31. The van der Waals surface area contributed by atoms with Gasteiger partial charge in [0.2, 0.25) is 5.91 Å². The van der Waals surface area contributed by atoms with Crippen molar-refractivity contribution < 1.29 is 9.18 Å². The van der Waals surface area contributed by atoms with Gasteiger partial charge >= 0.3 is 5.69 Å². The molecular formula is C15H11ClFN3O3S. The molecule has 3 aromatic rings. The van der Waals surface area contributed by atoms with E-state index in [1.807, 2.05) is 0 Å². The van der Waals surface area contributed by atoms with Crippen molar-refractivity contribution in [1.82, 2.24) is 9.13 Å². The SMILES string of the molecule is Cn1c(=O)c2sccc2n(CC(=O)Nc2cc(F)ccc2Cl)c1=O. The van der Waals surface area contributed by atoms with Crippen molar-refractivity contribution in [2.45, 2.75) is 6.54 Å². The Hall–Kier alpha value is -2.45. The van der Waals surface area contributed by atoms with Crippen LogP contribution in [0.3, 0.4) is 0 Å². The first-order valence-electron chi connectivity index (χ1n) is 6.80. The Morgan fingerprint density at radius 1 is 1.33 bits per heavy atom. The molecule has 0 fully saturated rings. The van der Waals surface area contributed by atoms with Crippen LogP contribution in [0.2, 0.25) is 5.02 Å². The van der Waals surface area contributed by atoms with Crippen LogP contribution in [-0.2, 0) is 18.4 Å². The molecule has 1 aromatic carbocycles. The zero-order valence-electron chi connectivity index (χ0n) is 12.4. The quantitative estimate of drug-likeness (QED) is 0.771. The van der Waals surface area contributed by atoms with Gasteiger partial charge in [-0.05, 0) is 29.6 Å². The molecule has 6 nitrogen and oxygen atoms in total. The van der Waals surface area contributed by atoms with E-state index in [9.17, 15) is 18.8 Å². The van der Waals surface area contributed by atoms with Gasteiger partial charge in [0.25, 0.3) is 5.56 Å². The number of halogens is 2. The first-order chi connectivity index (χ1) is 11.4. The maximum atomic E-state index is 13.3. The lowest BCUT2D eigenvalue weighted by molar-refractivity contribution is -0.116. The molecule has 3 rings (SSSR count). The molecule has 0 aliphatic rings. The lowest BCUT2D eigenvalue weighted by Gasteiger charge is -2.11. The number of amides is 1. The van der Waals surface area contributed by atoms with Gasteiger partial charge in [0.1, 0.15) is 17.1 Å². The van der Waals surface area contributed by atoms with Crippen molar-refractivity contribution in [3.05, 3.63) is 61.3 Å². The van der Waals surface area contributed by atoms with Crippen molar-refractivity contribution in [1.29, 1.82) is 0 Å². The molecule has 0 unspecified atom stereocenters. The summed E-state index contributed by atoms with van der Waals surface area (Å²) in [6, 6.07) is 5.18. The zero-order valence-corrected chi connectivity index (χ0v) is 13.9. The van der Waals surface area contributed by atoms with E-state index in [0.717, 1.165) is 10.6 Å². The predicted molar refractivity (Wildman–Crippen MR) is 91.4 cm³/mol. The van der Waals surface area contributed by atoms with Crippen LogP contribution in [0.15, 0.2) is 39.2 Å². The summed E-state index contributed by atoms with van der Waals surface area (Å²) < 4.78 is 15.8. The summed E-state index contributed by atoms with van der Waals surface area (Å²) in [5, 5.41) is 4.31. The van der Waals surface area contributed by atoms with Gasteiger partial charge in [0, 0.05) is 7.05 Å². The summed E-state index contributed by atoms with van der Waals surface area (Å²) in [6.45, 7) is -0.326. The van der Waals surface area contributed by atoms with Crippen LogP contribution in [0, 0.1) is 5.82 Å². The maximum Gasteiger partial charge on any atom is 0.331 e. The van der Waals surface area contributed by atoms with E-state index >= 15 is 0 Å². The number of aromatic nitrogens is 2. The second-order valence-corrected chi connectivity index (χ2v) is 6.36. The monoisotopic (exact) mass is 367 g/mol. The Kier molecular flexibility index (Phi) is 4.25. The molecule has 9 heteroatoms. The molecule has 0 aliphatic heterocycles. The minimum absolute atomic E-state index is 0.112. The molecule has 24 heavy (non-hydrogen) atoms. The van der Waals surface area contributed by atoms with E-state index in [1.165, 1.54) is 35.1 Å². The highest BCUT2D eigenvalue weighted by molar-refractivity contribution is 7.17. The molecule has 1 amide bonds. The minimum atomic E-state index is -0.605. The van der Waals surface area contributed by atoms with Gasteiger partial charge in [0.15, 0.2) is 0 Å². The summed E-state index contributed by atoms with van der Waals surface area (Å²) in [5.41, 5.74) is -0.518. The number of thiophene rings is 1. The third-order valence-corrected chi connectivity index (χ3v) is 4.68. The summed E-state index contributed by atoms with van der Waals surface area (Å²) >= 11 is 7.10. The van der Waals surface area contributed by atoms with Gasteiger partial charge in [-0.15, -0.1) is 11.3 Å². The smallest absolute Gasteiger partial charge is 0.323 e.